The van der Waals surface area contributed by atoms with Crippen molar-refractivity contribution in [2.45, 2.75) is 6.54 Å². The Morgan fingerprint density at radius 1 is 1.11 bits per heavy atom. The van der Waals surface area contributed by atoms with Gasteiger partial charge in [0.2, 0.25) is 5.88 Å². The maximum absolute atomic E-state index is 12.5. The largest absolute Gasteiger partial charge is 0.492 e. The summed E-state index contributed by atoms with van der Waals surface area (Å²) in [6.45, 7) is 0.560. The maximum Gasteiger partial charge on any atom is 0.281 e. The number of para-hydroxylation sites is 2. The van der Waals surface area contributed by atoms with E-state index in [0.29, 0.717) is 28.4 Å². The molecule has 0 radical (unpaired) electrons. The maximum atomic E-state index is 12.5. The molecule has 2 N–H and O–H groups in total. The van der Waals surface area contributed by atoms with Crippen LogP contribution in [0.1, 0.15) is 16.1 Å². The number of amides is 1. The number of halogens is 1. The SMILES string of the molecule is O=C(Nc1cn(Cc2cccc(Cl)c2)cn1)c1nc2ccccc2nc1O. The van der Waals surface area contributed by atoms with E-state index in [1.165, 1.54) is 0 Å². The van der Waals surface area contributed by atoms with E-state index in [2.05, 4.69) is 20.3 Å². The number of carbonyl (C=O) groups excluding carboxylic acids is 1. The summed E-state index contributed by atoms with van der Waals surface area (Å²) in [5, 5.41) is 13.3. The number of carbonyl (C=O) groups is 1. The number of imidazole rings is 1. The molecule has 0 bridgehead atoms. The Balaban J connectivity index is 1.52. The van der Waals surface area contributed by atoms with Gasteiger partial charge in [0, 0.05) is 17.8 Å². The number of anilines is 1. The molecule has 0 saturated heterocycles. The minimum atomic E-state index is -0.584. The predicted molar refractivity (Wildman–Crippen MR) is 102 cm³/mol. The fourth-order valence-electron chi connectivity index (χ4n) is 2.68. The third kappa shape index (κ3) is 3.73. The van der Waals surface area contributed by atoms with E-state index >= 15 is 0 Å². The molecule has 4 rings (SSSR count). The fraction of sp³-hybridized carbons (Fsp3) is 0.0526. The van der Waals surface area contributed by atoms with Crippen LogP contribution < -0.4 is 5.32 Å². The van der Waals surface area contributed by atoms with Crippen molar-refractivity contribution in [1.29, 1.82) is 0 Å². The molecule has 2 aromatic carbocycles. The molecule has 0 atom stereocenters. The molecule has 7 nitrogen and oxygen atoms in total. The second-order valence-corrected chi connectivity index (χ2v) is 6.34. The van der Waals surface area contributed by atoms with Crippen molar-refractivity contribution in [3.8, 4) is 5.88 Å². The molecule has 0 unspecified atom stereocenters. The predicted octanol–water partition coefficient (Wildman–Crippen LogP) is 3.49. The van der Waals surface area contributed by atoms with Crippen molar-refractivity contribution in [2.75, 3.05) is 5.32 Å². The van der Waals surface area contributed by atoms with Crippen LogP contribution in [0, 0.1) is 0 Å². The second kappa shape index (κ2) is 7.05. The van der Waals surface area contributed by atoms with Gasteiger partial charge < -0.3 is 15.0 Å². The number of nitrogens with zero attached hydrogens (tertiary/aromatic N) is 4. The summed E-state index contributed by atoms with van der Waals surface area (Å²) in [7, 11) is 0. The third-order valence-corrected chi connectivity index (χ3v) is 4.13. The van der Waals surface area contributed by atoms with Crippen LogP contribution >= 0.6 is 11.6 Å². The molecule has 0 fully saturated rings. The lowest BCUT2D eigenvalue weighted by Crippen LogP contribution is -2.15. The molecule has 0 spiro atoms. The van der Waals surface area contributed by atoms with Crippen molar-refractivity contribution >= 4 is 34.4 Å². The van der Waals surface area contributed by atoms with Gasteiger partial charge in [0.25, 0.3) is 5.91 Å². The Kier molecular flexibility index (Phi) is 4.43. The van der Waals surface area contributed by atoms with Gasteiger partial charge in [0.05, 0.1) is 17.4 Å². The zero-order valence-corrected chi connectivity index (χ0v) is 14.8. The Bertz CT molecular complexity index is 1140. The third-order valence-electron chi connectivity index (χ3n) is 3.90. The highest BCUT2D eigenvalue weighted by Crippen LogP contribution is 2.19. The Labute approximate surface area is 159 Å². The summed E-state index contributed by atoms with van der Waals surface area (Å²) in [4.78, 5) is 24.8. The number of hydrogen-bond donors (Lipinski definition) is 2. The van der Waals surface area contributed by atoms with Crippen LogP contribution in [-0.2, 0) is 6.54 Å². The van der Waals surface area contributed by atoms with E-state index in [0.717, 1.165) is 5.56 Å². The standard InChI is InChI=1S/C19H14ClN5O2/c20-13-5-3-4-12(8-13)9-25-10-16(21-11-25)24-19(27)17-18(26)23-15-7-2-1-6-14(15)22-17/h1-8,10-11H,9H2,(H,23,26)(H,24,27). The molecule has 134 valence electrons. The van der Waals surface area contributed by atoms with E-state index in [-0.39, 0.29) is 5.69 Å². The van der Waals surface area contributed by atoms with Gasteiger partial charge in [-0.25, -0.2) is 15.0 Å². The zero-order valence-electron chi connectivity index (χ0n) is 14.0. The van der Waals surface area contributed by atoms with E-state index in [1.807, 2.05) is 28.8 Å². The molecule has 2 heterocycles. The molecule has 0 aliphatic rings. The molecular formula is C19H14ClN5O2. The van der Waals surface area contributed by atoms with E-state index < -0.39 is 11.8 Å². The summed E-state index contributed by atoms with van der Waals surface area (Å²) >= 11 is 5.99. The van der Waals surface area contributed by atoms with Crippen LogP contribution in [-0.4, -0.2) is 30.5 Å². The van der Waals surface area contributed by atoms with Crippen LogP contribution in [0.4, 0.5) is 5.82 Å². The second-order valence-electron chi connectivity index (χ2n) is 5.90. The molecule has 0 aliphatic carbocycles. The number of benzene rings is 2. The van der Waals surface area contributed by atoms with Crippen molar-refractivity contribution < 1.29 is 9.90 Å². The van der Waals surface area contributed by atoms with Crippen LogP contribution in [0.5, 0.6) is 5.88 Å². The number of hydrogen-bond acceptors (Lipinski definition) is 5. The summed E-state index contributed by atoms with van der Waals surface area (Å²) in [6, 6.07) is 14.5. The van der Waals surface area contributed by atoms with Gasteiger partial charge in [-0.2, -0.15) is 0 Å². The molecule has 2 aromatic heterocycles. The van der Waals surface area contributed by atoms with Crippen LogP contribution in [0.25, 0.3) is 11.0 Å². The number of aromatic nitrogens is 4. The van der Waals surface area contributed by atoms with Crippen LogP contribution in [0.15, 0.2) is 61.1 Å². The van der Waals surface area contributed by atoms with Crippen LogP contribution in [0.2, 0.25) is 5.02 Å². The number of rotatable bonds is 4. The number of aromatic hydroxyl groups is 1. The van der Waals surface area contributed by atoms with Crippen LogP contribution in [0.3, 0.4) is 0 Å². The number of fused-ring (bicyclic) bond motifs is 1. The van der Waals surface area contributed by atoms with E-state index in [1.54, 1.807) is 36.8 Å². The molecule has 0 aliphatic heterocycles. The highest BCUT2D eigenvalue weighted by Gasteiger charge is 2.17. The Hall–Kier alpha value is -3.45. The lowest BCUT2D eigenvalue weighted by atomic mass is 10.2. The molecule has 4 aromatic rings. The van der Waals surface area contributed by atoms with Crippen molar-refractivity contribution in [2.24, 2.45) is 0 Å². The average Bonchev–Trinajstić information content (AvgIpc) is 3.07. The van der Waals surface area contributed by atoms with Crippen molar-refractivity contribution in [1.82, 2.24) is 19.5 Å². The monoisotopic (exact) mass is 379 g/mol. The summed E-state index contributed by atoms with van der Waals surface area (Å²) < 4.78 is 1.81. The average molecular weight is 380 g/mol. The highest BCUT2D eigenvalue weighted by molar-refractivity contribution is 6.30. The first kappa shape index (κ1) is 17.0. The summed E-state index contributed by atoms with van der Waals surface area (Å²) in [5.74, 6) is -0.667. The van der Waals surface area contributed by atoms with Gasteiger partial charge in [-0.15, -0.1) is 0 Å². The molecule has 0 saturated carbocycles. The van der Waals surface area contributed by atoms with Gasteiger partial charge in [-0.3, -0.25) is 4.79 Å². The van der Waals surface area contributed by atoms with E-state index in [4.69, 9.17) is 11.6 Å². The van der Waals surface area contributed by atoms with Gasteiger partial charge in [0.1, 0.15) is 0 Å². The fourth-order valence-corrected chi connectivity index (χ4v) is 2.89. The minimum Gasteiger partial charge on any atom is -0.492 e. The number of nitrogens with one attached hydrogen (secondary N) is 1. The summed E-state index contributed by atoms with van der Waals surface area (Å²) in [6.07, 6.45) is 3.28. The smallest absolute Gasteiger partial charge is 0.281 e. The first-order valence-electron chi connectivity index (χ1n) is 8.12. The van der Waals surface area contributed by atoms with Gasteiger partial charge >= 0.3 is 0 Å². The molecular weight excluding hydrogens is 366 g/mol. The van der Waals surface area contributed by atoms with Crippen molar-refractivity contribution in [3.63, 3.8) is 0 Å². The summed E-state index contributed by atoms with van der Waals surface area (Å²) in [5.41, 5.74) is 1.89. The van der Waals surface area contributed by atoms with Gasteiger partial charge in [-0.05, 0) is 29.8 Å². The first-order chi connectivity index (χ1) is 13.1. The lowest BCUT2D eigenvalue weighted by Gasteiger charge is -2.05. The highest BCUT2D eigenvalue weighted by atomic mass is 35.5. The Morgan fingerprint density at radius 2 is 1.89 bits per heavy atom. The van der Waals surface area contributed by atoms with Gasteiger partial charge in [0.15, 0.2) is 11.5 Å². The Morgan fingerprint density at radius 3 is 2.67 bits per heavy atom. The normalized spacial score (nSPS) is 10.9. The quantitative estimate of drug-likeness (QED) is 0.566. The van der Waals surface area contributed by atoms with Gasteiger partial charge in [-0.1, -0.05) is 35.9 Å². The lowest BCUT2D eigenvalue weighted by molar-refractivity contribution is 0.101. The van der Waals surface area contributed by atoms with Crippen molar-refractivity contribution in [3.05, 3.63) is 77.3 Å². The zero-order chi connectivity index (χ0) is 18.8. The van der Waals surface area contributed by atoms with E-state index in [9.17, 15) is 9.90 Å². The molecule has 1 amide bonds. The molecule has 8 heteroatoms. The molecule has 27 heavy (non-hydrogen) atoms. The minimum absolute atomic E-state index is 0.155. The topological polar surface area (TPSA) is 92.9 Å². The first-order valence-corrected chi connectivity index (χ1v) is 8.49.